The average Bonchev–Trinajstić information content (AvgIpc) is 3.00. The number of carbonyl (C=O) groups is 1. The second-order valence-corrected chi connectivity index (χ2v) is 10.5. The Morgan fingerprint density at radius 1 is 1.34 bits per heavy atom. The summed E-state index contributed by atoms with van der Waals surface area (Å²) in [6, 6.07) is 0. The van der Waals surface area contributed by atoms with Crippen LogP contribution in [0.25, 0.3) is 0 Å². The Kier molecular flexibility index (Phi) is 6.53. The predicted molar refractivity (Wildman–Crippen MR) is 112 cm³/mol. The molecule has 2 aliphatic heterocycles. The largest absolute Gasteiger partial charge is 0.457 e. The van der Waals surface area contributed by atoms with E-state index in [1.165, 1.54) is 5.57 Å². The molecule has 1 saturated carbocycles. The van der Waals surface area contributed by atoms with Crippen molar-refractivity contribution in [3.8, 4) is 0 Å². The van der Waals surface area contributed by atoms with Crippen LogP contribution in [0.3, 0.4) is 0 Å². The first kappa shape index (κ1) is 22.8. The van der Waals surface area contributed by atoms with Crippen LogP contribution in [0.4, 0.5) is 0 Å². The zero-order valence-electron chi connectivity index (χ0n) is 18.8. The molecule has 8 atom stereocenters. The van der Waals surface area contributed by atoms with Gasteiger partial charge in [-0.15, -0.1) is 0 Å². The smallest absolute Gasteiger partial charge is 0.306 e. The fraction of sp³-hybridized carbons (Fsp3) is 0.875. The molecular formula is C24H40O5. The Morgan fingerprint density at radius 3 is 2.66 bits per heavy atom. The number of carbonyl (C=O) groups excluding carboxylic acids is 1. The first-order chi connectivity index (χ1) is 13.5. The highest BCUT2D eigenvalue weighted by Gasteiger charge is 2.60. The van der Waals surface area contributed by atoms with Crippen LogP contribution in [0.5, 0.6) is 0 Å². The maximum Gasteiger partial charge on any atom is 0.306 e. The van der Waals surface area contributed by atoms with Crippen LogP contribution in [0.1, 0.15) is 79.6 Å². The van der Waals surface area contributed by atoms with Gasteiger partial charge in [-0.3, -0.25) is 4.79 Å². The minimum Gasteiger partial charge on any atom is -0.457 e. The normalized spacial score (nSPS) is 45.3. The monoisotopic (exact) mass is 408 g/mol. The van der Waals surface area contributed by atoms with Crippen molar-refractivity contribution in [1.82, 2.24) is 0 Å². The Hall–Kier alpha value is -0.910. The third-order valence-electron chi connectivity index (χ3n) is 7.76. The second-order valence-electron chi connectivity index (χ2n) is 10.5. The van der Waals surface area contributed by atoms with Crippen molar-refractivity contribution in [1.29, 1.82) is 0 Å². The van der Waals surface area contributed by atoms with E-state index in [1.807, 2.05) is 13.8 Å². The molecule has 2 heterocycles. The standard InChI is InChI=1S/C24H40O5/c1-7-8-19(26)29-24(6)12-11-18(25)23(5,27)13-17-20-15(4)9-10-16(14(2)3)21(20)22(24)28-17/h14,16-18,20-22,25,27H,4,7-13H2,1-3,5-6H3/t16-,17-,18+,20-,21-,22-,23+,24-/m0/s1. The van der Waals surface area contributed by atoms with Crippen molar-refractivity contribution in [3.05, 3.63) is 12.2 Å². The lowest BCUT2D eigenvalue weighted by atomic mass is 9.60. The van der Waals surface area contributed by atoms with Gasteiger partial charge in [0, 0.05) is 24.7 Å². The lowest BCUT2D eigenvalue weighted by Crippen LogP contribution is -2.52. The molecule has 29 heavy (non-hydrogen) atoms. The number of hydrogen-bond donors (Lipinski definition) is 2. The molecule has 0 unspecified atom stereocenters. The van der Waals surface area contributed by atoms with Crippen LogP contribution in [-0.4, -0.2) is 45.7 Å². The first-order valence-corrected chi connectivity index (χ1v) is 11.5. The van der Waals surface area contributed by atoms with E-state index in [2.05, 4.69) is 20.4 Å². The minimum atomic E-state index is -1.24. The molecule has 3 rings (SSSR count). The van der Waals surface area contributed by atoms with Gasteiger partial charge in [-0.2, -0.15) is 0 Å². The minimum absolute atomic E-state index is 0.127. The van der Waals surface area contributed by atoms with E-state index in [0.29, 0.717) is 37.5 Å². The molecule has 0 aromatic carbocycles. The van der Waals surface area contributed by atoms with E-state index in [1.54, 1.807) is 6.92 Å². The molecule has 0 aromatic heterocycles. The third kappa shape index (κ3) is 4.28. The molecule has 0 amide bonds. The van der Waals surface area contributed by atoms with Crippen molar-refractivity contribution in [2.75, 3.05) is 0 Å². The van der Waals surface area contributed by atoms with Crippen molar-refractivity contribution < 1.29 is 24.5 Å². The number of aliphatic hydroxyl groups is 2. The van der Waals surface area contributed by atoms with E-state index in [0.717, 1.165) is 19.3 Å². The van der Waals surface area contributed by atoms with Gasteiger partial charge in [0.1, 0.15) is 11.7 Å². The molecule has 3 aliphatic rings. The maximum absolute atomic E-state index is 12.5. The van der Waals surface area contributed by atoms with Crippen molar-refractivity contribution >= 4 is 5.97 Å². The molecule has 166 valence electrons. The Bertz CT molecular complexity index is 627. The van der Waals surface area contributed by atoms with E-state index in [9.17, 15) is 15.0 Å². The van der Waals surface area contributed by atoms with Gasteiger partial charge in [0.05, 0.1) is 17.8 Å². The van der Waals surface area contributed by atoms with E-state index in [-0.39, 0.29) is 30.0 Å². The summed E-state index contributed by atoms with van der Waals surface area (Å²) in [6.45, 7) is 14.5. The summed E-state index contributed by atoms with van der Waals surface area (Å²) in [5.41, 5.74) is -0.892. The van der Waals surface area contributed by atoms with Gasteiger partial charge in [-0.25, -0.2) is 0 Å². The van der Waals surface area contributed by atoms with Crippen LogP contribution in [0, 0.1) is 23.7 Å². The second kappa shape index (κ2) is 8.32. The first-order valence-electron chi connectivity index (χ1n) is 11.5. The number of ether oxygens (including phenoxy) is 2. The van der Waals surface area contributed by atoms with Crippen LogP contribution >= 0.6 is 0 Å². The summed E-state index contributed by atoms with van der Waals surface area (Å²) in [4.78, 5) is 12.5. The van der Waals surface area contributed by atoms with Gasteiger partial charge < -0.3 is 19.7 Å². The highest BCUT2D eigenvalue weighted by molar-refractivity contribution is 5.69. The maximum atomic E-state index is 12.5. The Balaban J connectivity index is 2.04. The molecule has 5 heteroatoms. The Labute approximate surface area is 175 Å². The highest BCUT2D eigenvalue weighted by Crippen LogP contribution is 2.56. The lowest BCUT2D eigenvalue weighted by Gasteiger charge is -2.46. The van der Waals surface area contributed by atoms with Crippen molar-refractivity contribution in [2.45, 2.75) is 109 Å². The molecular weight excluding hydrogens is 368 g/mol. The number of esters is 1. The molecule has 0 aromatic rings. The molecule has 2 bridgehead atoms. The average molecular weight is 409 g/mol. The molecule has 0 radical (unpaired) electrons. The molecule has 2 saturated heterocycles. The Morgan fingerprint density at radius 2 is 2.03 bits per heavy atom. The molecule has 0 spiro atoms. The zero-order valence-corrected chi connectivity index (χ0v) is 18.8. The van der Waals surface area contributed by atoms with Gasteiger partial charge in [-0.05, 0) is 57.8 Å². The van der Waals surface area contributed by atoms with E-state index >= 15 is 0 Å². The zero-order chi connectivity index (χ0) is 21.6. The fourth-order valence-corrected chi connectivity index (χ4v) is 6.08. The van der Waals surface area contributed by atoms with Crippen LogP contribution < -0.4 is 0 Å². The van der Waals surface area contributed by atoms with E-state index in [4.69, 9.17) is 9.47 Å². The van der Waals surface area contributed by atoms with E-state index < -0.39 is 17.3 Å². The van der Waals surface area contributed by atoms with Crippen molar-refractivity contribution in [3.63, 3.8) is 0 Å². The topological polar surface area (TPSA) is 76.0 Å². The van der Waals surface area contributed by atoms with Gasteiger partial charge in [0.15, 0.2) is 0 Å². The summed E-state index contributed by atoms with van der Waals surface area (Å²) in [6.07, 6.45) is 3.02. The lowest BCUT2D eigenvalue weighted by molar-refractivity contribution is -0.181. The van der Waals surface area contributed by atoms with Gasteiger partial charge in [0.2, 0.25) is 0 Å². The molecule has 5 nitrogen and oxygen atoms in total. The summed E-state index contributed by atoms with van der Waals surface area (Å²) in [5.74, 6) is 1.08. The van der Waals surface area contributed by atoms with Crippen molar-refractivity contribution in [2.24, 2.45) is 23.7 Å². The summed E-state index contributed by atoms with van der Waals surface area (Å²) in [7, 11) is 0. The van der Waals surface area contributed by atoms with Gasteiger partial charge >= 0.3 is 5.97 Å². The SMILES string of the molecule is C=C1CC[C@@H](C(C)C)[C@H]2[C@@H]1[C@@H]1C[C@@](C)(O)[C@H](O)CC[C@](C)(OC(=O)CCC)[C@H]2O1. The van der Waals surface area contributed by atoms with Crippen LogP contribution in [0.15, 0.2) is 12.2 Å². The highest BCUT2D eigenvalue weighted by atomic mass is 16.6. The van der Waals surface area contributed by atoms with Crippen LogP contribution in [0.2, 0.25) is 0 Å². The summed E-state index contributed by atoms with van der Waals surface area (Å²) in [5, 5.41) is 21.7. The molecule has 3 fully saturated rings. The number of hydrogen-bond acceptors (Lipinski definition) is 5. The van der Waals surface area contributed by atoms with Gasteiger partial charge in [0.25, 0.3) is 0 Å². The fourth-order valence-electron chi connectivity index (χ4n) is 6.08. The quantitative estimate of drug-likeness (QED) is 0.543. The number of fused-ring (bicyclic) bond motifs is 5. The van der Waals surface area contributed by atoms with Gasteiger partial charge in [-0.1, -0.05) is 32.9 Å². The number of aliphatic hydroxyl groups excluding tert-OH is 1. The van der Waals surface area contributed by atoms with Crippen LogP contribution in [-0.2, 0) is 14.3 Å². The summed E-state index contributed by atoms with van der Waals surface area (Å²) >= 11 is 0. The molecule has 1 aliphatic carbocycles. The number of rotatable bonds is 4. The summed E-state index contributed by atoms with van der Waals surface area (Å²) < 4.78 is 12.7. The third-order valence-corrected chi connectivity index (χ3v) is 7.76. The predicted octanol–water partition coefficient (Wildman–Crippen LogP) is 4.01. The molecule has 2 N–H and O–H groups in total.